The first kappa shape index (κ1) is 15.3. The average molecular weight is 338 g/mol. The molecule has 0 spiro atoms. The van der Waals surface area contributed by atoms with Crippen LogP contribution in [0.3, 0.4) is 0 Å². The number of rotatable bonds is 3. The molecule has 0 unspecified atom stereocenters. The van der Waals surface area contributed by atoms with Crippen LogP contribution in [0.2, 0.25) is 0 Å². The number of fused-ring (bicyclic) bond motifs is 1. The zero-order valence-corrected chi connectivity index (χ0v) is 13.8. The van der Waals surface area contributed by atoms with Gasteiger partial charge in [-0.2, -0.15) is 4.98 Å². The summed E-state index contributed by atoms with van der Waals surface area (Å²) in [6.07, 6.45) is 5.20. The van der Waals surface area contributed by atoms with Gasteiger partial charge in [0.2, 0.25) is 5.95 Å². The number of primary amides is 1. The van der Waals surface area contributed by atoms with Crippen LogP contribution in [0.4, 0.5) is 11.8 Å². The Kier molecular flexibility index (Phi) is 3.68. The molecule has 0 radical (unpaired) electrons. The number of carbonyl (C=O) groups is 1. The van der Waals surface area contributed by atoms with E-state index in [0.717, 1.165) is 18.6 Å². The fraction of sp³-hybridized carbons (Fsp3) is 0.312. The number of hydrogen-bond acceptors (Lipinski definition) is 7. The molecule has 0 aliphatic carbocycles. The molecule has 0 bridgehead atoms. The molecule has 2 N–H and O–H groups in total. The second kappa shape index (κ2) is 6.00. The Morgan fingerprint density at radius 2 is 1.88 bits per heavy atom. The molecule has 0 atom stereocenters. The quantitative estimate of drug-likeness (QED) is 0.726. The zero-order valence-electron chi connectivity index (χ0n) is 13.8. The first-order valence-electron chi connectivity index (χ1n) is 8.02. The van der Waals surface area contributed by atoms with E-state index in [-0.39, 0.29) is 0 Å². The molecule has 3 aromatic heterocycles. The van der Waals surface area contributed by atoms with E-state index < -0.39 is 5.91 Å². The fourth-order valence-electron chi connectivity index (χ4n) is 3.02. The lowest BCUT2D eigenvalue weighted by atomic mass is 10.2. The molecule has 1 aliphatic heterocycles. The molecule has 0 saturated carbocycles. The van der Waals surface area contributed by atoms with Gasteiger partial charge in [-0.25, -0.2) is 15.0 Å². The Morgan fingerprint density at radius 1 is 1.12 bits per heavy atom. The van der Waals surface area contributed by atoms with Gasteiger partial charge in [0.05, 0.1) is 18.1 Å². The number of imidazole rings is 1. The first-order chi connectivity index (χ1) is 12.1. The van der Waals surface area contributed by atoms with Crippen LogP contribution >= 0.6 is 0 Å². The maximum absolute atomic E-state index is 11.6. The number of nitrogens with zero attached hydrogens (tertiary/aromatic N) is 7. The highest BCUT2D eigenvalue weighted by Crippen LogP contribution is 2.20. The van der Waals surface area contributed by atoms with E-state index in [1.54, 1.807) is 30.9 Å². The normalized spacial score (nSPS) is 14.9. The molecule has 4 rings (SSSR count). The molecule has 0 aromatic carbocycles. The summed E-state index contributed by atoms with van der Waals surface area (Å²) in [6, 6.07) is 3.42. The maximum atomic E-state index is 11.6. The highest BCUT2D eigenvalue weighted by molar-refractivity contribution is 5.97. The minimum Gasteiger partial charge on any atom is -0.365 e. The van der Waals surface area contributed by atoms with Gasteiger partial charge in [-0.1, -0.05) is 0 Å². The van der Waals surface area contributed by atoms with E-state index in [1.165, 1.54) is 0 Å². The van der Waals surface area contributed by atoms with E-state index in [0.29, 0.717) is 36.1 Å². The topological polar surface area (TPSA) is 106 Å². The molecule has 9 heteroatoms. The molecule has 1 amide bonds. The fourth-order valence-corrected chi connectivity index (χ4v) is 3.02. The highest BCUT2D eigenvalue weighted by Gasteiger charge is 2.23. The van der Waals surface area contributed by atoms with Crippen LogP contribution in [-0.2, 0) is 7.05 Å². The van der Waals surface area contributed by atoms with Crippen molar-refractivity contribution in [2.75, 3.05) is 36.0 Å². The second-order valence-corrected chi connectivity index (χ2v) is 5.95. The van der Waals surface area contributed by atoms with Gasteiger partial charge in [0.25, 0.3) is 5.91 Å². The van der Waals surface area contributed by atoms with Crippen molar-refractivity contribution < 1.29 is 4.79 Å². The van der Waals surface area contributed by atoms with Crippen molar-refractivity contribution in [3.8, 4) is 0 Å². The minimum atomic E-state index is -0.463. The molecule has 4 heterocycles. The standard InChI is InChI=1S/C16H18N8O/c1-22-10-20-14-12(22)9-19-16(21-14)24-7-5-23(6-8-24)15-11(13(17)25)3-2-4-18-15/h2-4,9-10H,5-8H2,1H3,(H2,17,25). The van der Waals surface area contributed by atoms with E-state index in [4.69, 9.17) is 5.73 Å². The van der Waals surface area contributed by atoms with Crippen molar-refractivity contribution in [1.82, 2.24) is 24.5 Å². The minimum absolute atomic E-state index is 0.446. The van der Waals surface area contributed by atoms with Gasteiger partial charge in [0.1, 0.15) is 11.3 Å². The lowest BCUT2D eigenvalue weighted by Crippen LogP contribution is -2.48. The van der Waals surface area contributed by atoms with Crippen LogP contribution in [-0.4, -0.2) is 56.6 Å². The zero-order chi connectivity index (χ0) is 17.4. The monoisotopic (exact) mass is 338 g/mol. The lowest BCUT2D eigenvalue weighted by Gasteiger charge is -2.35. The molecular weight excluding hydrogens is 320 g/mol. The Labute approximate surface area is 144 Å². The SMILES string of the molecule is Cn1cnc2nc(N3CCN(c4ncccc4C(N)=O)CC3)ncc21. The van der Waals surface area contributed by atoms with Crippen molar-refractivity contribution in [3.05, 3.63) is 36.4 Å². The van der Waals surface area contributed by atoms with Crippen LogP contribution < -0.4 is 15.5 Å². The Morgan fingerprint density at radius 3 is 2.64 bits per heavy atom. The maximum Gasteiger partial charge on any atom is 0.252 e. The van der Waals surface area contributed by atoms with Crippen molar-refractivity contribution in [2.24, 2.45) is 12.8 Å². The van der Waals surface area contributed by atoms with Crippen molar-refractivity contribution in [1.29, 1.82) is 0 Å². The van der Waals surface area contributed by atoms with E-state index >= 15 is 0 Å². The predicted octanol–water partition coefficient (Wildman–Crippen LogP) is 0.184. The largest absolute Gasteiger partial charge is 0.365 e. The number of aromatic nitrogens is 5. The van der Waals surface area contributed by atoms with Crippen molar-refractivity contribution in [2.45, 2.75) is 0 Å². The molecule has 128 valence electrons. The van der Waals surface area contributed by atoms with Gasteiger partial charge in [-0.15, -0.1) is 0 Å². The number of carbonyl (C=O) groups excluding carboxylic acids is 1. The van der Waals surface area contributed by atoms with E-state index in [2.05, 4.69) is 29.7 Å². The molecule has 9 nitrogen and oxygen atoms in total. The average Bonchev–Trinajstić information content (AvgIpc) is 3.02. The number of amides is 1. The van der Waals surface area contributed by atoms with Gasteiger partial charge < -0.3 is 20.1 Å². The molecule has 1 fully saturated rings. The Balaban J connectivity index is 1.52. The van der Waals surface area contributed by atoms with Gasteiger partial charge in [-0.3, -0.25) is 4.79 Å². The number of hydrogen-bond donors (Lipinski definition) is 1. The highest BCUT2D eigenvalue weighted by atomic mass is 16.1. The summed E-state index contributed by atoms with van der Waals surface area (Å²) in [5, 5.41) is 0. The number of nitrogens with two attached hydrogens (primary N) is 1. The van der Waals surface area contributed by atoms with Crippen molar-refractivity contribution in [3.63, 3.8) is 0 Å². The Bertz CT molecular complexity index is 929. The third-order valence-corrected chi connectivity index (χ3v) is 4.38. The van der Waals surface area contributed by atoms with Gasteiger partial charge in [0.15, 0.2) is 5.65 Å². The van der Waals surface area contributed by atoms with Crippen LogP contribution in [0.1, 0.15) is 10.4 Å². The smallest absolute Gasteiger partial charge is 0.252 e. The summed E-state index contributed by atoms with van der Waals surface area (Å²) in [6.45, 7) is 2.88. The first-order valence-corrected chi connectivity index (χ1v) is 8.02. The second-order valence-electron chi connectivity index (χ2n) is 5.95. The number of anilines is 2. The summed E-state index contributed by atoms with van der Waals surface area (Å²) in [4.78, 5) is 33.4. The summed E-state index contributed by atoms with van der Waals surface area (Å²) in [5.74, 6) is 0.840. The summed E-state index contributed by atoms with van der Waals surface area (Å²) in [7, 11) is 1.92. The number of aryl methyl sites for hydroxylation is 1. The summed E-state index contributed by atoms with van der Waals surface area (Å²) < 4.78 is 1.89. The molecular formula is C16H18N8O. The number of pyridine rings is 1. The lowest BCUT2D eigenvalue weighted by molar-refractivity contribution is 0.100. The summed E-state index contributed by atoms with van der Waals surface area (Å²) in [5.41, 5.74) is 7.49. The Hall–Kier alpha value is -3.23. The van der Waals surface area contributed by atoms with Crippen LogP contribution in [0.15, 0.2) is 30.9 Å². The van der Waals surface area contributed by atoms with Gasteiger partial charge in [-0.05, 0) is 12.1 Å². The van der Waals surface area contributed by atoms with Crippen LogP contribution in [0.5, 0.6) is 0 Å². The van der Waals surface area contributed by atoms with E-state index in [9.17, 15) is 4.79 Å². The molecule has 1 aliphatic rings. The van der Waals surface area contributed by atoms with Crippen LogP contribution in [0.25, 0.3) is 11.2 Å². The third-order valence-electron chi connectivity index (χ3n) is 4.38. The predicted molar refractivity (Wildman–Crippen MR) is 93.5 cm³/mol. The molecule has 3 aromatic rings. The van der Waals surface area contributed by atoms with Gasteiger partial charge in [0, 0.05) is 39.4 Å². The summed E-state index contributed by atoms with van der Waals surface area (Å²) >= 11 is 0. The van der Waals surface area contributed by atoms with Crippen LogP contribution in [0, 0.1) is 0 Å². The third kappa shape index (κ3) is 2.73. The van der Waals surface area contributed by atoms with Gasteiger partial charge >= 0.3 is 0 Å². The molecule has 25 heavy (non-hydrogen) atoms. The molecule has 1 saturated heterocycles. The van der Waals surface area contributed by atoms with Crippen molar-refractivity contribution >= 4 is 28.8 Å². The van der Waals surface area contributed by atoms with E-state index in [1.807, 2.05) is 11.6 Å². The number of piperazine rings is 1.